The minimum Gasteiger partial charge on any atom is -0.507 e. The number of nitro benzene ring substituents is 1. The van der Waals surface area contributed by atoms with Crippen LogP contribution in [0.2, 0.25) is 0 Å². The molecule has 17 heavy (non-hydrogen) atoms. The Bertz CT molecular complexity index is 460. The average molecular weight is 250 g/mol. The van der Waals surface area contributed by atoms with Crippen LogP contribution in [-0.2, 0) is 0 Å². The molecule has 0 aliphatic rings. The number of nitro groups is 1. The van der Waals surface area contributed by atoms with Gasteiger partial charge in [0.2, 0.25) is 0 Å². The minimum absolute atomic E-state index is 0.0334. The molecule has 1 aromatic rings. The number of rotatable bonds is 2. The molecule has 0 fully saturated rings. The maximum absolute atomic E-state index is 12.4. The number of halogens is 3. The molecule has 0 spiro atoms. The van der Waals surface area contributed by atoms with E-state index >= 15 is 0 Å². The summed E-state index contributed by atoms with van der Waals surface area (Å²) in [5, 5.41) is 19.9. The van der Waals surface area contributed by atoms with Crippen LogP contribution < -0.4 is 5.73 Å². The molecule has 8 heteroatoms. The second kappa shape index (κ2) is 4.21. The van der Waals surface area contributed by atoms with Crippen molar-refractivity contribution in [2.24, 2.45) is 5.73 Å². The zero-order valence-electron chi connectivity index (χ0n) is 8.65. The van der Waals surface area contributed by atoms with Gasteiger partial charge in [-0.2, -0.15) is 13.2 Å². The van der Waals surface area contributed by atoms with Gasteiger partial charge < -0.3 is 10.8 Å². The monoisotopic (exact) mass is 250 g/mol. The highest BCUT2D eigenvalue weighted by molar-refractivity contribution is 5.50. The molecule has 0 bridgehead atoms. The van der Waals surface area contributed by atoms with Gasteiger partial charge in [0.05, 0.1) is 4.92 Å². The van der Waals surface area contributed by atoms with Crippen molar-refractivity contribution in [3.63, 3.8) is 0 Å². The highest BCUT2D eigenvalue weighted by Gasteiger charge is 2.40. The number of phenolic OH excluding ortho intramolecular Hbond substituents is 1. The standard InChI is InChI=1S/C9H9F3N2O3/c1-4-2-5(14(16)17)3-6(7(4)15)8(13)9(10,11)12/h2-3,8,15H,13H2,1H3/t8-/m0/s1. The van der Waals surface area contributed by atoms with Gasteiger partial charge in [0, 0.05) is 17.7 Å². The molecule has 0 aliphatic heterocycles. The van der Waals surface area contributed by atoms with Gasteiger partial charge in [-0.15, -0.1) is 0 Å². The molecular formula is C9H9F3N2O3. The van der Waals surface area contributed by atoms with Crippen LogP contribution in [0.3, 0.4) is 0 Å². The molecular weight excluding hydrogens is 241 g/mol. The first-order chi connectivity index (χ1) is 7.64. The summed E-state index contributed by atoms with van der Waals surface area (Å²) in [4.78, 5) is 9.64. The molecule has 3 N–H and O–H groups in total. The zero-order valence-corrected chi connectivity index (χ0v) is 8.65. The third-order valence-corrected chi connectivity index (χ3v) is 2.21. The number of benzene rings is 1. The molecule has 0 aromatic heterocycles. The largest absolute Gasteiger partial charge is 0.507 e. The van der Waals surface area contributed by atoms with Crippen molar-refractivity contribution in [3.05, 3.63) is 33.4 Å². The van der Waals surface area contributed by atoms with E-state index in [-0.39, 0.29) is 5.56 Å². The Labute approximate surface area is 93.8 Å². The molecule has 0 saturated carbocycles. The average Bonchev–Trinajstić information content (AvgIpc) is 2.19. The highest BCUT2D eigenvalue weighted by atomic mass is 19.4. The number of nitrogens with two attached hydrogens (primary N) is 1. The Hall–Kier alpha value is -1.83. The molecule has 0 amide bonds. The quantitative estimate of drug-likeness (QED) is 0.621. The highest BCUT2D eigenvalue weighted by Crippen LogP contribution is 2.38. The van der Waals surface area contributed by atoms with E-state index in [9.17, 15) is 28.4 Å². The number of nitrogens with zero attached hydrogens (tertiary/aromatic N) is 1. The van der Waals surface area contributed by atoms with E-state index < -0.39 is 34.1 Å². The van der Waals surface area contributed by atoms with Crippen molar-refractivity contribution in [3.8, 4) is 5.75 Å². The summed E-state index contributed by atoms with van der Waals surface area (Å²) in [5.41, 5.74) is 3.62. The molecule has 0 saturated heterocycles. The lowest BCUT2D eigenvalue weighted by Gasteiger charge is -2.17. The molecule has 0 unspecified atom stereocenters. The Balaban J connectivity index is 3.37. The summed E-state index contributed by atoms with van der Waals surface area (Å²) in [6.07, 6.45) is -4.78. The van der Waals surface area contributed by atoms with Gasteiger partial charge in [-0.25, -0.2) is 0 Å². The molecule has 0 heterocycles. The topological polar surface area (TPSA) is 89.4 Å². The van der Waals surface area contributed by atoms with Crippen molar-refractivity contribution in [1.29, 1.82) is 0 Å². The fourth-order valence-corrected chi connectivity index (χ4v) is 1.31. The third-order valence-electron chi connectivity index (χ3n) is 2.21. The summed E-state index contributed by atoms with van der Waals surface area (Å²) in [6.45, 7) is 1.26. The van der Waals surface area contributed by atoms with Crippen LogP contribution in [0.4, 0.5) is 18.9 Å². The normalized spacial score (nSPS) is 13.5. The van der Waals surface area contributed by atoms with Crippen LogP contribution in [0.5, 0.6) is 5.75 Å². The van der Waals surface area contributed by atoms with E-state index in [0.29, 0.717) is 6.07 Å². The Kier molecular flexibility index (Phi) is 3.28. The van der Waals surface area contributed by atoms with Crippen LogP contribution in [-0.4, -0.2) is 16.2 Å². The minimum atomic E-state index is -4.78. The maximum atomic E-state index is 12.4. The lowest BCUT2D eigenvalue weighted by molar-refractivity contribution is -0.385. The lowest BCUT2D eigenvalue weighted by atomic mass is 10.0. The molecule has 1 rings (SSSR count). The van der Waals surface area contributed by atoms with E-state index in [1.54, 1.807) is 0 Å². The predicted molar refractivity (Wildman–Crippen MR) is 52.5 cm³/mol. The second-order valence-electron chi connectivity index (χ2n) is 3.48. The van der Waals surface area contributed by atoms with E-state index in [2.05, 4.69) is 0 Å². The summed E-state index contributed by atoms with van der Waals surface area (Å²) in [7, 11) is 0. The second-order valence-corrected chi connectivity index (χ2v) is 3.48. The number of aryl methyl sites for hydroxylation is 1. The fourth-order valence-electron chi connectivity index (χ4n) is 1.31. The predicted octanol–water partition coefficient (Wildman–Crippen LogP) is 2.17. The first kappa shape index (κ1) is 13.2. The molecule has 0 aliphatic carbocycles. The van der Waals surface area contributed by atoms with Gasteiger partial charge in [-0.1, -0.05) is 0 Å². The van der Waals surface area contributed by atoms with Crippen molar-refractivity contribution in [2.45, 2.75) is 19.1 Å². The number of phenols is 1. The first-order valence-electron chi connectivity index (χ1n) is 4.44. The number of aromatic hydroxyl groups is 1. The van der Waals surface area contributed by atoms with Gasteiger partial charge >= 0.3 is 6.18 Å². The number of alkyl halides is 3. The molecule has 1 atom stereocenters. The van der Waals surface area contributed by atoms with E-state index in [0.717, 1.165) is 6.07 Å². The third kappa shape index (κ3) is 2.64. The lowest BCUT2D eigenvalue weighted by Crippen LogP contribution is -2.28. The summed E-state index contributed by atoms with van der Waals surface area (Å²) < 4.78 is 37.1. The van der Waals surface area contributed by atoms with Gasteiger partial charge in [-0.3, -0.25) is 10.1 Å². The Morgan fingerprint density at radius 1 is 1.47 bits per heavy atom. The molecule has 5 nitrogen and oxygen atoms in total. The van der Waals surface area contributed by atoms with Crippen LogP contribution >= 0.6 is 0 Å². The van der Waals surface area contributed by atoms with Gasteiger partial charge in [-0.05, 0) is 12.5 Å². The Morgan fingerprint density at radius 3 is 2.41 bits per heavy atom. The van der Waals surface area contributed by atoms with Crippen LogP contribution in [0.1, 0.15) is 17.2 Å². The van der Waals surface area contributed by atoms with E-state index in [4.69, 9.17) is 5.73 Å². The van der Waals surface area contributed by atoms with Crippen LogP contribution in [0.15, 0.2) is 12.1 Å². The van der Waals surface area contributed by atoms with Gasteiger partial charge in [0.1, 0.15) is 11.8 Å². The van der Waals surface area contributed by atoms with Crippen molar-refractivity contribution in [2.75, 3.05) is 0 Å². The van der Waals surface area contributed by atoms with Crippen molar-refractivity contribution in [1.82, 2.24) is 0 Å². The zero-order chi connectivity index (χ0) is 13.4. The summed E-state index contributed by atoms with van der Waals surface area (Å²) >= 11 is 0. The van der Waals surface area contributed by atoms with Crippen LogP contribution in [0, 0.1) is 17.0 Å². The Morgan fingerprint density at radius 2 is 2.00 bits per heavy atom. The van der Waals surface area contributed by atoms with Gasteiger partial charge in [0.15, 0.2) is 0 Å². The summed E-state index contributed by atoms with van der Waals surface area (Å²) in [6, 6.07) is -0.858. The SMILES string of the molecule is Cc1cc([N+](=O)[O-])cc([C@H](N)C(F)(F)F)c1O. The molecule has 94 valence electrons. The number of hydrogen-bond acceptors (Lipinski definition) is 4. The fraction of sp³-hybridized carbons (Fsp3) is 0.333. The van der Waals surface area contributed by atoms with Gasteiger partial charge in [0.25, 0.3) is 5.69 Å². The summed E-state index contributed by atoms with van der Waals surface area (Å²) in [5.74, 6) is -0.680. The number of hydrogen-bond donors (Lipinski definition) is 2. The van der Waals surface area contributed by atoms with E-state index in [1.165, 1.54) is 6.92 Å². The number of non-ortho nitro benzene ring substituents is 1. The molecule has 0 radical (unpaired) electrons. The van der Waals surface area contributed by atoms with Crippen molar-refractivity contribution >= 4 is 5.69 Å². The smallest absolute Gasteiger partial charge is 0.407 e. The van der Waals surface area contributed by atoms with E-state index in [1.807, 2.05) is 0 Å². The van der Waals surface area contributed by atoms with Crippen LogP contribution in [0.25, 0.3) is 0 Å². The maximum Gasteiger partial charge on any atom is 0.407 e. The molecule has 1 aromatic carbocycles. The first-order valence-corrected chi connectivity index (χ1v) is 4.44. The van der Waals surface area contributed by atoms with Crippen molar-refractivity contribution < 1.29 is 23.2 Å².